The molecule has 1 aromatic rings. The number of benzene rings is 1. The highest BCUT2D eigenvalue weighted by Crippen LogP contribution is 2.34. The average Bonchev–Trinajstić information content (AvgIpc) is 2.42. The summed E-state index contributed by atoms with van der Waals surface area (Å²) in [6.07, 6.45) is -5.28. The summed E-state index contributed by atoms with van der Waals surface area (Å²) in [4.78, 5) is 4.87. The maximum Gasteiger partial charge on any atom is 0.516 e. The number of oxime groups is 1. The Morgan fingerprint density at radius 2 is 1.72 bits per heavy atom. The molecule has 0 aliphatic carbocycles. The lowest BCUT2D eigenvalue weighted by Crippen LogP contribution is -2.30. The van der Waals surface area contributed by atoms with Crippen LogP contribution in [0.4, 0.5) is 32.0 Å². The van der Waals surface area contributed by atoms with Crippen LogP contribution in [0.5, 0.6) is 0 Å². The van der Waals surface area contributed by atoms with E-state index in [9.17, 15) is 34.8 Å². The van der Waals surface area contributed by atoms with Crippen LogP contribution in [0.2, 0.25) is 0 Å². The molecule has 142 valence electrons. The average molecular weight is 392 g/mol. The van der Waals surface area contributed by atoms with Crippen LogP contribution in [0.3, 0.4) is 0 Å². The standard InChI is InChI=1S/C13H14F6N2O3S/c1-7(2)24-20-8(3)10-5-4-9(12(14,15)16)6-11(10)21-25(22,23)13(17,18)19/h4-7,21H,1-3H3/b20-8+. The molecule has 0 heterocycles. The van der Waals surface area contributed by atoms with Gasteiger partial charge in [0, 0.05) is 5.56 Å². The zero-order valence-corrected chi connectivity index (χ0v) is 14.0. The Balaban J connectivity index is 3.46. The second-order valence-corrected chi connectivity index (χ2v) is 6.81. The lowest BCUT2D eigenvalue weighted by molar-refractivity contribution is -0.137. The third-order valence-electron chi connectivity index (χ3n) is 2.69. The summed E-state index contributed by atoms with van der Waals surface area (Å²) in [6, 6.07) is 1.65. The van der Waals surface area contributed by atoms with Crippen LogP contribution in [0.15, 0.2) is 23.4 Å². The van der Waals surface area contributed by atoms with Crippen molar-refractivity contribution in [3.63, 3.8) is 0 Å². The van der Waals surface area contributed by atoms with Crippen LogP contribution >= 0.6 is 0 Å². The highest BCUT2D eigenvalue weighted by molar-refractivity contribution is 7.93. The van der Waals surface area contributed by atoms with Gasteiger partial charge in [-0.05, 0) is 32.9 Å². The summed E-state index contributed by atoms with van der Waals surface area (Å²) >= 11 is 0. The number of nitrogens with one attached hydrogen (secondary N) is 1. The lowest BCUT2D eigenvalue weighted by Gasteiger charge is -2.16. The Bertz CT molecular complexity index is 754. The van der Waals surface area contributed by atoms with Crippen molar-refractivity contribution in [2.24, 2.45) is 5.16 Å². The van der Waals surface area contributed by atoms with Gasteiger partial charge in [0.25, 0.3) is 0 Å². The summed E-state index contributed by atoms with van der Waals surface area (Å²) in [6.45, 7) is 4.43. The Labute approximate surface area is 139 Å². The molecule has 1 N–H and O–H groups in total. The van der Waals surface area contributed by atoms with Crippen molar-refractivity contribution in [1.29, 1.82) is 0 Å². The molecule has 0 atom stereocenters. The SMILES string of the molecule is C/C(=N\OC(C)C)c1ccc(C(F)(F)F)cc1NS(=O)(=O)C(F)(F)F. The molecule has 0 aliphatic heterocycles. The van der Waals surface area contributed by atoms with Crippen molar-refractivity contribution in [3.8, 4) is 0 Å². The molecule has 0 amide bonds. The number of hydrogen-bond acceptors (Lipinski definition) is 4. The number of halogens is 6. The topological polar surface area (TPSA) is 67.8 Å². The molecule has 0 unspecified atom stereocenters. The van der Waals surface area contributed by atoms with Gasteiger partial charge in [-0.3, -0.25) is 4.72 Å². The number of hydrogen-bond donors (Lipinski definition) is 1. The fourth-order valence-corrected chi connectivity index (χ4v) is 2.13. The number of nitrogens with zero attached hydrogens (tertiary/aromatic N) is 1. The molecular formula is C13H14F6N2O3S. The predicted octanol–water partition coefficient (Wildman–Crippen LogP) is 4.12. The maximum atomic E-state index is 12.8. The van der Waals surface area contributed by atoms with E-state index in [2.05, 4.69) is 5.16 Å². The van der Waals surface area contributed by atoms with Crippen molar-refractivity contribution in [2.75, 3.05) is 4.72 Å². The Hall–Kier alpha value is -1.98. The molecule has 0 radical (unpaired) electrons. The first kappa shape index (κ1) is 21.1. The fraction of sp³-hybridized carbons (Fsp3) is 0.462. The molecule has 0 aromatic heterocycles. The van der Waals surface area contributed by atoms with Crippen LogP contribution in [-0.4, -0.2) is 25.7 Å². The molecule has 0 fully saturated rings. The molecule has 0 spiro atoms. The predicted molar refractivity (Wildman–Crippen MR) is 78.5 cm³/mol. The molecule has 0 saturated heterocycles. The van der Waals surface area contributed by atoms with Gasteiger partial charge >= 0.3 is 21.7 Å². The summed E-state index contributed by atoms with van der Waals surface area (Å²) < 4.78 is 99.4. The summed E-state index contributed by atoms with van der Waals surface area (Å²) in [5.74, 6) is 0. The van der Waals surface area contributed by atoms with Gasteiger partial charge in [-0.15, -0.1) is 0 Å². The highest BCUT2D eigenvalue weighted by atomic mass is 32.2. The summed E-state index contributed by atoms with van der Waals surface area (Å²) in [5, 5.41) is 3.56. The minimum Gasteiger partial charge on any atom is -0.393 e. The summed E-state index contributed by atoms with van der Waals surface area (Å²) in [7, 11) is -5.91. The fourth-order valence-electron chi connectivity index (χ4n) is 1.56. The molecule has 0 saturated carbocycles. The smallest absolute Gasteiger partial charge is 0.393 e. The third kappa shape index (κ3) is 5.51. The van der Waals surface area contributed by atoms with E-state index in [0.29, 0.717) is 6.07 Å². The van der Waals surface area contributed by atoms with E-state index in [1.54, 1.807) is 13.8 Å². The van der Waals surface area contributed by atoms with E-state index in [1.807, 2.05) is 0 Å². The van der Waals surface area contributed by atoms with E-state index in [0.717, 1.165) is 10.8 Å². The van der Waals surface area contributed by atoms with Crippen LogP contribution in [0, 0.1) is 0 Å². The zero-order valence-electron chi connectivity index (χ0n) is 13.2. The Morgan fingerprint density at radius 1 is 1.16 bits per heavy atom. The molecular weight excluding hydrogens is 378 g/mol. The second kappa shape index (κ2) is 7.10. The summed E-state index contributed by atoms with van der Waals surface area (Å²) in [5.41, 5.74) is -8.34. The van der Waals surface area contributed by atoms with Gasteiger partial charge < -0.3 is 4.84 Å². The highest BCUT2D eigenvalue weighted by Gasteiger charge is 2.46. The van der Waals surface area contributed by atoms with E-state index < -0.39 is 39.1 Å². The molecule has 1 rings (SSSR count). The third-order valence-corrected chi connectivity index (χ3v) is 3.78. The van der Waals surface area contributed by atoms with Gasteiger partial charge in [0.05, 0.1) is 17.0 Å². The van der Waals surface area contributed by atoms with Crippen LogP contribution in [0.1, 0.15) is 31.9 Å². The Morgan fingerprint density at radius 3 is 2.16 bits per heavy atom. The molecule has 0 aliphatic rings. The first-order valence-electron chi connectivity index (χ1n) is 6.66. The quantitative estimate of drug-likeness (QED) is 0.466. The van der Waals surface area contributed by atoms with Crippen LogP contribution in [-0.2, 0) is 21.0 Å². The normalized spacial score (nSPS) is 13.9. The van der Waals surface area contributed by atoms with Crippen molar-refractivity contribution in [3.05, 3.63) is 29.3 Å². The van der Waals surface area contributed by atoms with Crippen LogP contribution in [0.25, 0.3) is 0 Å². The maximum absolute atomic E-state index is 12.8. The van der Waals surface area contributed by atoms with E-state index in [-0.39, 0.29) is 17.3 Å². The van der Waals surface area contributed by atoms with E-state index in [1.165, 1.54) is 6.92 Å². The second-order valence-electron chi connectivity index (χ2n) is 5.14. The van der Waals surface area contributed by atoms with Crippen molar-refractivity contribution in [1.82, 2.24) is 0 Å². The number of rotatable bonds is 5. The van der Waals surface area contributed by atoms with Crippen molar-refractivity contribution >= 4 is 21.4 Å². The van der Waals surface area contributed by atoms with Gasteiger partial charge in [-0.25, -0.2) is 0 Å². The molecule has 5 nitrogen and oxygen atoms in total. The van der Waals surface area contributed by atoms with Crippen molar-refractivity contribution in [2.45, 2.75) is 38.6 Å². The van der Waals surface area contributed by atoms with Gasteiger partial charge in [-0.1, -0.05) is 11.2 Å². The van der Waals surface area contributed by atoms with Gasteiger partial charge in [0.1, 0.15) is 6.10 Å². The van der Waals surface area contributed by atoms with Crippen LogP contribution < -0.4 is 4.72 Å². The number of alkyl halides is 6. The molecule has 0 bridgehead atoms. The first-order valence-corrected chi connectivity index (χ1v) is 8.14. The zero-order chi connectivity index (χ0) is 19.6. The minimum atomic E-state index is -5.91. The van der Waals surface area contributed by atoms with E-state index in [4.69, 9.17) is 4.84 Å². The van der Waals surface area contributed by atoms with Crippen molar-refractivity contribution < 1.29 is 39.6 Å². The van der Waals surface area contributed by atoms with E-state index >= 15 is 0 Å². The molecule has 1 aromatic carbocycles. The largest absolute Gasteiger partial charge is 0.516 e. The lowest BCUT2D eigenvalue weighted by atomic mass is 10.1. The number of anilines is 1. The monoisotopic (exact) mass is 392 g/mol. The Kier molecular flexibility index (Phi) is 5.98. The van der Waals surface area contributed by atoms with Gasteiger partial charge in [-0.2, -0.15) is 34.8 Å². The molecule has 25 heavy (non-hydrogen) atoms. The van der Waals surface area contributed by atoms with Gasteiger partial charge in [0.2, 0.25) is 0 Å². The number of sulfonamides is 1. The minimum absolute atomic E-state index is 0.109. The molecule has 12 heteroatoms. The van der Waals surface area contributed by atoms with Gasteiger partial charge in [0.15, 0.2) is 0 Å². The first-order chi connectivity index (χ1) is 11.1.